The fourth-order valence-electron chi connectivity index (χ4n) is 2.74. The van der Waals surface area contributed by atoms with E-state index in [1.807, 2.05) is 30.3 Å². The fraction of sp³-hybridized carbons (Fsp3) is 0.278. The molecule has 1 aliphatic carbocycles. The van der Waals surface area contributed by atoms with Crippen LogP contribution in [0, 0.1) is 0 Å². The second kappa shape index (κ2) is 5.49. The summed E-state index contributed by atoms with van der Waals surface area (Å²) < 4.78 is 0. The summed E-state index contributed by atoms with van der Waals surface area (Å²) in [6.45, 7) is 2.11. The molecule has 0 atom stereocenters. The highest BCUT2D eigenvalue weighted by molar-refractivity contribution is 6.04. The average Bonchev–Trinajstić information content (AvgIpc) is 2.95. The topological polar surface area (TPSA) is 29.1 Å². The van der Waals surface area contributed by atoms with Gasteiger partial charge in [-0.3, -0.25) is 4.79 Å². The molecule has 3 rings (SSSR count). The average molecular weight is 265 g/mol. The number of amides is 1. The first-order valence-corrected chi connectivity index (χ1v) is 7.28. The summed E-state index contributed by atoms with van der Waals surface area (Å²) in [5.41, 5.74) is 5.66. The molecule has 0 heterocycles. The number of hydrogen-bond donors (Lipinski definition) is 1. The van der Waals surface area contributed by atoms with Gasteiger partial charge >= 0.3 is 0 Å². The maximum absolute atomic E-state index is 12.2. The van der Waals surface area contributed by atoms with Gasteiger partial charge in [-0.1, -0.05) is 25.1 Å². The van der Waals surface area contributed by atoms with Gasteiger partial charge in [-0.05, 0) is 66.6 Å². The number of nitrogens with one attached hydrogen (secondary N) is 1. The van der Waals surface area contributed by atoms with Crippen molar-refractivity contribution in [2.45, 2.75) is 32.6 Å². The van der Waals surface area contributed by atoms with Crippen molar-refractivity contribution in [3.8, 4) is 0 Å². The Kier molecular flexibility index (Phi) is 3.55. The van der Waals surface area contributed by atoms with Crippen molar-refractivity contribution in [3.63, 3.8) is 0 Å². The fourth-order valence-corrected chi connectivity index (χ4v) is 2.74. The summed E-state index contributed by atoms with van der Waals surface area (Å²) in [6.07, 6.45) is 4.52. The molecule has 0 spiro atoms. The minimum absolute atomic E-state index is 0.0365. The number of hydrogen-bond acceptors (Lipinski definition) is 1. The largest absolute Gasteiger partial charge is 0.322 e. The molecule has 0 saturated heterocycles. The molecule has 1 N–H and O–H groups in total. The number of carbonyl (C=O) groups excluding carboxylic acids is 1. The number of benzene rings is 2. The van der Waals surface area contributed by atoms with Crippen molar-refractivity contribution in [2.75, 3.05) is 5.32 Å². The normalized spacial score (nSPS) is 13.1. The first-order valence-electron chi connectivity index (χ1n) is 7.28. The van der Waals surface area contributed by atoms with E-state index in [4.69, 9.17) is 0 Å². The van der Waals surface area contributed by atoms with Gasteiger partial charge in [0.25, 0.3) is 5.91 Å². The summed E-state index contributed by atoms with van der Waals surface area (Å²) in [6, 6.07) is 14.1. The summed E-state index contributed by atoms with van der Waals surface area (Å²) in [4.78, 5) is 12.2. The number of fused-ring (bicyclic) bond motifs is 1. The van der Waals surface area contributed by atoms with E-state index >= 15 is 0 Å². The van der Waals surface area contributed by atoms with Gasteiger partial charge in [0.1, 0.15) is 0 Å². The number of aryl methyl sites for hydroxylation is 3. The minimum Gasteiger partial charge on any atom is -0.322 e. The van der Waals surface area contributed by atoms with Gasteiger partial charge < -0.3 is 5.32 Å². The van der Waals surface area contributed by atoms with Gasteiger partial charge in [-0.15, -0.1) is 0 Å². The molecule has 2 heteroatoms. The van der Waals surface area contributed by atoms with E-state index in [2.05, 4.69) is 24.4 Å². The van der Waals surface area contributed by atoms with Gasteiger partial charge in [0.2, 0.25) is 0 Å². The molecular formula is C18H19NO. The van der Waals surface area contributed by atoms with Crippen LogP contribution >= 0.6 is 0 Å². The molecule has 0 saturated carbocycles. The molecule has 0 bridgehead atoms. The van der Waals surface area contributed by atoms with E-state index in [0.717, 1.165) is 18.5 Å². The van der Waals surface area contributed by atoms with Crippen molar-refractivity contribution in [1.29, 1.82) is 0 Å². The first-order chi connectivity index (χ1) is 9.76. The second-order valence-corrected chi connectivity index (χ2v) is 5.34. The maximum Gasteiger partial charge on any atom is 0.255 e. The summed E-state index contributed by atoms with van der Waals surface area (Å²) in [5, 5.41) is 2.99. The lowest BCUT2D eigenvalue weighted by atomic mass is 10.1. The third kappa shape index (κ3) is 2.60. The number of rotatable bonds is 3. The Morgan fingerprint density at radius 1 is 1.05 bits per heavy atom. The molecule has 0 aromatic heterocycles. The van der Waals surface area contributed by atoms with Crippen LogP contribution in [-0.4, -0.2) is 5.91 Å². The number of anilines is 1. The molecule has 2 aromatic rings. The Labute approximate surface area is 119 Å². The Bertz CT molecular complexity index is 628. The van der Waals surface area contributed by atoms with Crippen LogP contribution in [0.25, 0.3) is 0 Å². The monoisotopic (exact) mass is 265 g/mol. The van der Waals surface area contributed by atoms with Crippen molar-refractivity contribution in [1.82, 2.24) is 0 Å². The van der Waals surface area contributed by atoms with Crippen molar-refractivity contribution < 1.29 is 4.79 Å². The molecule has 0 unspecified atom stereocenters. The van der Waals surface area contributed by atoms with Crippen LogP contribution in [0.15, 0.2) is 42.5 Å². The quantitative estimate of drug-likeness (QED) is 0.893. The van der Waals surface area contributed by atoms with Crippen molar-refractivity contribution in [2.24, 2.45) is 0 Å². The van der Waals surface area contributed by atoms with Crippen LogP contribution in [0.5, 0.6) is 0 Å². The second-order valence-electron chi connectivity index (χ2n) is 5.34. The molecule has 0 fully saturated rings. The smallest absolute Gasteiger partial charge is 0.255 e. The Hall–Kier alpha value is -2.09. The summed E-state index contributed by atoms with van der Waals surface area (Å²) >= 11 is 0. The van der Waals surface area contributed by atoms with E-state index < -0.39 is 0 Å². The van der Waals surface area contributed by atoms with E-state index in [0.29, 0.717) is 5.56 Å². The standard InChI is InChI=1S/C18H19NO/c1-2-13-6-8-15(9-7-13)18(20)19-17-11-10-14-4-3-5-16(14)12-17/h6-12H,2-5H2,1H3,(H,19,20). The van der Waals surface area contributed by atoms with Crippen LogP contribution < -0.4 is 5.32 Å². The third-order valence-electron chi connectivity index (χ3n) is 3.98. The summed E-state index contributed by atoms with van der Waals surface area (Å²) in [5.74, 6) is -0.0365. The van der Waals surface area contributed by atoms with Gasteiger partial charge in [0, 0.05) is 11.3 Å². The predicted molar refractivity (Wildman–Crippen MR) is 82.2 cm³/mol. The molecule has 1 aliphatic rings. The molecule has 0 radical (unpaired) electrons. The number of carbonyl (C=O) groups is 1. The molecule has 1 amide bonds. The molecule has 2 nitrogen and oxygen atoms in total. The van der Waals surface area contributed by atoms with Gasteiger partial charge in [0.15, 0.2) is 0 Å². The van der Waals surface area contributed by atoms with Crippen LogP contribution in [0.2, 0.25) is 0 Å². The SMILES string of the molecule is CCc1ccc(C(=O)Nc2ccc3c(c2)CCC3)cc1. The van der Waals surface area contributed by atoms with E-state index in [9.17, 15) is 4.79 Å². The van der Waals surface area contributed by atoms with Crippen LogP contribution in [-0.2, 0) is 19.3 Å². The van der Waals surface area contributed by atoms with Crippen LogP contribution in [0.4, 0.5) is 5.69 Å². The third-order valence-corrected chi connectivity index (χ3v) is 3.98. The van der Waals surface area contributed by atoms with Gasteiger partial charge in [0.05, 0.1) is 0 Å². The van der Waals surface area contributed by atoms with Gasteiger partial charge in [-0.2, -0.15) is 0 Å². The zero-order valence-corrected chi connectivity index (χ0v) is 11.8. The highest BCUT2D eigenvalue weighted by Gasteiger charge is 2.12. The highest BCUT2D eigenvalue weighted by atomic mass is 16.1. The van der Waals surface area contributed by atoms with Crippen molar-refractivity contribution >= 4 is 11.6 Å². The van der Waals surface area contributed by atoms with Crippen LogP contribution in [0.1, 0.15) is 40.4 Å². The molecular weight excluding hydrogens is 246 g/mol. The Balaban J connectivity index is 1.75. The summed E-state index contributed by atoms with van der Waals surface area (Å²) in [7, 11) is 0. The van der Waals surface area contributed by atoms with E-state index in [1.54, 1.807) is 0 Å². The zero-order chi connectivity index (χ0) is 13.9. The maximum atomic E-state index is 12.2. The highest BCUT2D eigenvalue weighted by Crippen LogP contribution is 2.25. The lowest BCUT2D eigenvalue weighted by Crippen LogP contribution is -2.12. The van der Waals surface area contributed by atoms with E-state index in [-0.39, 0.29) is 5.91 Å². The first kappa shape index (κ1) is 12.9. The lowest BCUT2D eigenvalue weighted by molar-refractivity contribution is 0.102. The van der Waals surface area contributed by atoms with Gasteiger partial charge in [-0.25, -0.2) is 0 Å². The Morgan fingerprint density at radius 2 is 1.80 bits per heavy atom. The van der Waals surface area contributed by atoms with Crippen LogP contribution in [0.3, 0.4) is 0 Å². The Morgan fingerprint density at radius 3 is 2.55 bits per heavy atom. The van der Waals surface area contributed by atoms with E-state index in [1.165, 1.54) is 29.5 Å². The lowest BCUT2D eigenvalue weighted by Gasteiger charge is -2.08. The molecule has 20 heavy (non-hydrogen) atoms. The molecule has 102 valence electrons. The van der Waals surface area contributed by atoms with Crippen molar-refractivity contribution in [3.05, 3.63) is 64.7 Å². The molecule has 2 aromatic carbocycles. The zero-order valence-electron chi connectivity index (χ0n) is 11.8. The predicted octanol–water partition coefficient (Wildman–Crippen LogP) is 3.99. The minimum atomic E-state index is -0.0365. The molecule has 0 aliphatic heterocycles.